The molecule has 2 aromatic carbocycles. The van der Waals surface area contributed by atoms with Crippen molar-refractivity contribution in [3.63, 3.8) is 0 Å². The Kier molecular flexibility index (Phi) is 4.38. The number of benzene rings is 2. The van der Waals surface area contributed by atoms with Crippen molar-refractivity contribution in [3.8, 4) is 5.75 Å². The molecule has 0 aliphatic carbocycles. The summed E-state index contributed by atoms with van der Waals surface area (Å²) in [7, 11) is 1.69. The van der Waals surface area contributed by atoms with Crippen molar-refractivity contribution in [1.82, 2.24) is 5.32 Å². The number of halogens is 2. The Morgan fingerprint density at radius 2 is 1.86 bits per heavy atom. The van der Waals surface area contributed by atoms with Crippen LogP contribution in [0.3, 0.4) is 0 Å². The molecule has 21 heavy (non-hydrogen) atoms. The van der Waals surface area contributed by atoms with E-state index in [0.29, 0.717) is 0 Å². The van der Waals surface area contributed by atoms with E-state index in [4.69, 9.17) is 4.74 Å². The van der Waals surface area contributed by atoms with Gasteiger partial charge in [-0.1, -0.05) is 40.2 Å². The Labute approximate surface area is 142 Å². The summed E-state index contributed by atoms with van der Waals surface area (Å²) in [5.74, 6) is 0.875. The molecule has 110 valence electrons. The maximum absolute atomic E-state index is 5.31. The minimum atomic E-state index is 0.175. The van der Waals surface area contributed by atoms with Crippen LogP contribution in [0.2, 0.25) is 0 Å². The van der Waals surface area contributed by atoms with E-state index in [1.165, 1.54) is 15.6 Å². The molecule has 3 rings (SSSR count). The molecule has 2 nitrogen and oxygen atoms in total. The van der Waals surface area contributed by atoms with Crippen LogP contribution in [0.15, 0.2) is 51.4 Å². The van der Waals surface area contributed by atoms with Gasteiger partial charge in [0, 0.05) is 23.0 Å². The van der Waals surface area contributed by atoms with Crippen molar-refractivity contribution >= 4 is 31.9 Å². The van der Waals surface area contributed by atoms with Crippen molar-refractivity contribution in [1.29, 1.82) is 0 Å². The molecule has 1 aliphatic heterocycles. The van der Waals surface area contributed by atoms with E-state index in [1.807, 2.05) is 6.07 Å². The molecule has 1 N–H and O–H groups in total. The Morgan fingerprint density at radius 1 is 1.10 bits per heavy atom. The van der Waals surface area contributed by atoms with Crippen LogP contribution in [0.5, 0.6) is 5.75 Å². The first-order valence-corrected chi connectivity index (χ1v) is 8.51. The molecule has 0 atom stereocenters. The number of methoxy groups -OCH3 is 1. The van der Waals surface area contributed by atoms with Crippen molar-refractivity contribution in [3.05, 3.63) is 62.5 Å². The number of rotatable bonds is 4. The van der Waals surface area contributed by atoms with Gasteiger partial charge < -0.3 is 10.1 Å². The van der Waals surface area contributed by atoms with Crippen LogP contribution in [-0.2, 0) is 11.8 Å². The lowest BCUT2D eigenvalue weighted by Crippen LogP contribution is -2.58. The minimum absolute atomic E-state index is 0.175. The first-order chi connectivity index (χ1) is 10.1. The molecule has 0 radical (unpaired) electrons. The third-order valence-electron chi connectivity index (χ3n) is 4.13. The summed E-state index contributed by atoms with van der Waals surface area (Å²) in [6.07, 6.45) is 1.02. The normalized spacial score (nSPS) is 16.3. The van der Waals surface area contributed by atoms with Gasteiger partial charge in [-0.15, -0.1) is 0 Å². The first-order valence-electron chi connectivity index (χ1n) is 6.93. The zero-order valence-corrected chi connectivity index (χ0v) is 15.0. The van der Waals surface area contributed by atoms with Crippen LogP contribution in [-0.4, -0.2) is 20.2 Å². The van der Waals surface area contributed by atoms with E-state index < -0.39 is 0 Å². The molecule has 1 aliphatic rings. The minimum Gasteiger partial charge on any atom is -0.496 e. The standard InChI is InChI=1S/C17H17Br2NO/c1-21-16-7-6-12(8-15(16)19)9-17(10-20-11-17)13-4-2-3-5-14(13)18/h2-8,20H,9-11H2,1H3. The van der Waals surface area contributed by atoms with Gasteiger partial charge in [0.2, 0.25) is 0 Å². The van der Waals surface area contributed by atoms with Gasteiger partial charge in [0.15, 0.2) is 0 Å². The quantitative estimate of drug-likeness (QED) is 0.810. The lowest BCUT2D eigenvalue weighted by atomic mass is 9.71. The monoisotopic (exact) mass is 409 g/mol. The highest BCUT2D eigenvalue weighted by Crippen LogP contribution is 2.38. The molecule has 0 unspecified atom stereocenters. The van der Waals surface area contributed by atoms with Crippen molar-refractivity contribution in [2.24, 2.45) is 0 Å². The predicted octanol–water partition coefficient (Wildman–Crippen LogP) is 4.30. The van der Waals surface area contributed by atoms with E-state index in [-0.39, 0.29) is 5.41 Å². The van der Waals surface area contributed by atoms with Gasteiger partial charge in [-0.3, -0.25) is 0 Å². The summed E-state index contributed by atoms with van der Waals surface area (Å²) in [5.41, 5.74) is 2.88. The van der Waals surface area contributed by atoms with E-state index in [9.17, 15) is 0 Å². The van der Waals surface area contributed by atoms with Crippen LogP contribution in [0, 0.1) is 0 Å². The van der Waals surface area contributed by atoms with Crippen molar-refractivity contribution in [2.45, 2.75) is 11.8 Å². The molecule has 1 saturated heterocycles. The molecule has 0 spiro atoms. The maximum Gasteiger partial charge on any atom is 0.133 e. The van der Waals surface area contributed by atoms with Gasteiger partial charge in [0.05, 0.1) is 11.6 Å². The smallest absolute Gasteiger partial charge is 0.133 e. The number of hydrogen-bond donors (Lipinski definition) is 1. The second-order valence-corrected chi connectivity index (χ2v) is 7.22. The fourth-order valence-corrected chi connectivity index (χ4v) is 4.23. The largest absolute Gasteiger partial charge is 0.496 e. The fourth-order valence-electron chi connectivity index (χ4n) is 2.94. The Bertz CT molecular complexity index is 653. The van der Waals surface area contributed by atoms with Crippen molar-refractivity contribution < 1.29 is 4.74 Å². The zero-order valence-electron chi connectivity index (χ0n) is 11.8. The average molecular weight is 411 g/mol. The van der Waals surface area contributed by atoms with Crippen LogP contribution in [0.25, 0.3) is 0 Å². The molecule has 1 fully saturated rings. The summed E-state index contributed by atoms with van der Waals surface area (Å²) in [4.78, 5) is 0. The van der Waals surface area contributed by atoms with E-state index in [0.717, 1.165) is 29.7 Å². The average Bonchev–Trinajstić information content (AvgIpc) is 2.44. The Balaban J connectivity index is 1.91. The van der Waals surface area contributed by atoms with E-state index in [2.05, 4.69) is 73.6 Å². The topological polar surface area (TPSA) is 21.3 Å². The third kappa shape index (κ3) is 2.89. The lowest BCUT2D eigenvalue weighted by molar-refractivity contribution is 0.273. The molecule has 2 aromatic rings. The molecule has 0 bridgehead atoms. The highest BCUT2D eigenvalue weighted by Gasteiger charge is 2.39. The molecule has 0 amide bonds. The van der Waals surface area contributed by atoms with E-state index >= 15 is 0 Å². The summed E-state index contributed by atoms with van der Waals surface area (Å²) in [6, 6.07) is 14.9. The fraction of sp³-hybridized carbons (Fsp3) is 0.294. The Morgan fingerprint density at radius 3 is 2.43 bits per heavy atom. The first kappa shape index (κ1) is 15.1. The third-order valence-corrected chi connectivity index (χ3v) is 5.44. The van der Waals surface area contributed by atoms with Gasteiger partial charge in [-0.25, -0.2) is 0 Å². The predicted molar refractivity (Wildman–Crippen MR) is 93.1 cm³/mol. The highest BCUT2D eigenvalue weighted by molar-refractivity contribution is 9.10. The van der Waals surface area contributed by atoms with Gasteiger partial charge >= 0.3 is 0 Å². The van der Waals surface area contributed by atoms with Crippen LogP contribution in [0.4, 0.5) is 0 Å². The van der Waals surface area contributed by atoms with Crippen LogP contribution in [0.1, 0.15) is 11.1 Å². The molecule has 0 aromatic heterocycles. The lowest BCUT2D eigenvalue weighted by Gasteiger charge is -2.44. The number of hydrogen-bond acceptors (Lipinski definition) is 2. The second kappa shape index (κ2) is 6.11. The summed E-state index contributed by atoms with van der Waals surface area (Å²) >= 11 is 7.28. The number of nitrogens with one attached hydrogen (secondary N) is 1. The molecule has 4 heteroatoms. The van der Waals surface area contributed by atoms with Gasteiger partial charge in [0.25, 0.3) is 0 Å². The maximum atomic E-state index is 5.31. The summed E-state index contributed by atoms with van der Waals surface area (Å²) < 4.78 is 7.51. The van der Waals surface area contributed by atoms with Crippen LogP contribution >= 0.6 is 31.9 Å². The Hall–Kier alpha value is -0.840. The zero-order chi connectivity index (χ0) is 14.9. The molecule has 0 saturated carbocycles. The summed E-state index contributed by atoms with van der Waals surface area (Å²) in [5, 5.41) is 3.43. The second-order valence-electron chi connectivity index (χ2n) is 5.51. The van der Waals surface area contributed by atoms with Gasteiger partial charge in [0.1, 0.15) is 5.75 Å². The number of ether oxygens (including phenoxy) is 1. The van der Waals surface area contributed by atoms with Crippen LogP contribution < -0.4 is 10.1 Å². The van der Waals surface area contributed by atoms with Gasteiger partial charge in [-0.2, -0.15) is 0 Å². The molecule has 1 heterocycles. The summed E-state index contributed by atoms with van der Waals surface area (Å²) in [6.45, 7) is 2.03. The molecular weight excluding hydrogens is 394 g/mol. The highest BCUT2D eigenvalue weighted by atomic mass is 79.9. The van der Waals surface area contributed by atoms with Crippen molar-refractivity contribution in [2.75, 3.05) is 20.2 Å². The SMILES string of the molecule is COc1ccc(CC2(c3ccccc3Br)CNC2)cc1Br. The van der Waals surface area contributed by atoms with E-state index in [1.54, 1.807) is 7.11 Å². The molecular formula is C17H17Br2NO. The van der Waals surface area contributed by atoms with Gasteiger partial charge in [-0.05, 0) is 51.7 Å².